The van der Waals surface area contributed by atoms with Gasteiger partial charge in [-0.3, -0.25) is 0 Å². The van der Waals surface area contributed by atoms with Crippen LogP contribution < -0.4 is 10.4 Å². The topological polar surface area (TPSA) is 72.5 Å². The number of morpholine rings is 1. The van der Waals surface area contributed by atoms with Crippen molar-refractivity contribution >= 4 is 52.5 Å². The second-order valence-electron chi connectivity index (χ2n) is 9.04. The molecule has 0 amide bonds. The Balaban J connectivity index is 1.43. The molecule has 168 valence electrons. The number of hydrogen-bond acceptors (Lipinski definition) is 6. The highest BCUT2D eigenvalue weighted by Crippen LogP contribution is 2.42. The van der Waals surface area contributed by atoms with Gasteiger partial charge in [0.05, 0.1) is 30.5 Å². The van der Waals surface area contributed by atoms with Gasteiger partial charge in [0.2, 0.25) is 5.28 Å². The Labute approximate surface area is 197 Å². The van der Waals surface area contributed by atoms with E-state index in [-0.39, 0.29) is 11.3 Å². The molecule has 1 N–H and O–H groups in total. The van der Waals surface area contributed by atoms with Crippen LogP contribution >= 0.6 is 23.2 Å². The lowest BCUT2D eigenvalue weighted by molar-refractivity contribution is -0.0320. The van der Waals surface area contributed by atoms with Crippen molar-refractivity contribution in [3.63, 3.8) is 0 Å². The van der Waals surface area contributed by atoms with Crippen LogP contribution in [0.2, 0.25) is 10.4 Å². The van der Waals surface area contributed by atoms with Gasteiger partial charge in [-0.25, -0.2) is 9.97 Å². The molecule has 2 fully saturated rings. The fourth-order valence-corrected chi connectivity index (χ4v) is 5.03. The number of halogens is 2. The van der Waals surface area contributed by atoms with Crippen molar-refractivity contribution in [2.45, 2.75) is 44.4 Å². The summed E-state index contributed by atoms with van der Waals surface area (Å²) < 4.78 is 19.0. The summed E-state index contributed by atoms with van der Waals surface area (Å²) in [5.41, 5.74) is 0.984. The van der Waals surface area contributed by atoms with Gasteiger partial charge in [0.25, 0.3) is 0 Å². The van der Waals surface area contributed by atoms with Crippen LogP contribution in [0.25, 0.3) is 10.9 Å². The van der Waals surface area contributed by atoms with E-state index in [0.29, 0.717) is 37.2 Å². The average Bonchev–Trinajstić information content (AvgIpc) is 3.29. The largest absolute Gasteiger partial charge is 0.495 e. The molecule has 4 heterocycles. The van der Waals surface area contributed by atoms with Crippen LogP contribution in [0, 0.1) is 0 Å². The molecule has 2 aliphatic rings. The third-order valence-electron chi connectivity index (χ3n) is 6.73. The number of benzene rings is 1. The number of ether oxygens (including phenoxy) is 1. The highest BCUT2D eigenvalue weighted by Gasteiger charge is 2.56. The normalized spacial score (nSPS) is 25.6. The first kappa shape index (κ1) is 22.0. The summed E-state index contributed by atoms with van der Waals surface area (Å²) in [5.74, 6) is 0.692. The van der Waals surface area contributed by atoms with Gasteiger partial charge in [-0.15, -0.1) is 0 Å². The Hall–Kier alpha value is -1.84. The Morgan fingerprint density at radius 3 is 2.84 bits per heavy atom. The minimum atomic E-state index is -0.569. The SMILES string of the molecule is CC1(C)OB(c2cccc3[nH]ccc23)OC1(C)C[C@@H]1COCCN1c1cc(Cl)nc(Cl)n1. The van der Waals surface area contributed by atoms with Gasteiger partial charge >= 0.3 is 7.12 Å². The minimum absolute atomic E-state index is 0.0143. The molecule has 2 aromatic heterocycles. The third-order valence-corrected chi connectivity index (χ3v) is 7.09. The molecular weight excluding hydrogens is 450 g/mol. The summed E-state index contributed by atoms with van der Waals surface area (Å²) in [6, 6.07) is 9.93. The Kier molecular flexibility index (Phi) is 5.62. The molecule has 0 aliphatic carbocycles. The summed E-state index contributed by atoms with van der Waals surface area (Å²) >= 11 is 12.2. The van der Waals surface area contributed by atoms with Crippen molar-refractivity contribution in [2.24, 2.45) is 0 Å². The zero-order chi connectivity index (χ0) is 22.5. The summed E-state index contributed by atoms with van der Waals surface area (Å²) in [6.45, 7) is 8.10. The molecule has 3 aromatic rings. The Bertz CT molecular complexity index is 1120. The zero-order valence-corrected chi connectivity index (χ0v) is 19.8. The molecule has 0 radical (unpaired) electrons. The number of H-pyrrole nitrogens is 1. The average molecular weight is 475 g/mol. The van der Waals surface area contributed by atoms with Gasteiger partial charge in [0, 0.05) is 30.7 Å². The molecule has 10 heteroatoms. The van der Waals surface area contributed by atoms with E-state index >= 15 is 0 Å². The number of aromatic amines is 1. The van der Waals surface area contributed by atoms with E-state index in [1.54, 1.807) is 6.07 Å². The molecule has 0 bridgehead atoms. The van der Waals surface area contributed by atoms with Gasteiger partial charge in [-0.05, 0) is 55.4 Å². The smallest absolute Gasteiger partial charge is 0.399 e. The molecule has 2 aliphatic heterocycles. The third kappa shape index (κ3) is 3.88. The van der Waals surface area contributed by atoms with Crippen LogP contribution in [0.1, 0.15) is 27.2 Å². The first-order valence-corrected chi connectivity index (χ1v) is 11.5. The molecule has 5 rings (SSSR count). The van der Waals surface area contributed by atoms with Crippen molar-refractivity contribution in [1.82, 2.24) is 15.0 Å². The van der Waals surface area contributed by atoms with E-state index < -0.39 is 18.3 Å². The molecule has 7 nitrogen and oxygen atoms in total. The minimum Gasteiger partial charge on any atom is -0.399 e. The van der Waals surface area contributed by atoms with Crippen molar-refractivity contribution in [3.8, 4) is 0 Å². The van der Waals surface area contributed by atoms with Crippen LogP contribution in [0.3, 0.4) is 0 Å². The predicted molar refractivity (Wildman–Crippen MR) is 127 cm³/mol. The lowest BCUT2D eigenvalue weighted by atomic mass is 9.77. The highest BCUT2D eigenvalue weighted by atomic mass is 35.5. The maximum Gasteiger partial charge on any atom is 0.495 e. The fraction of sp³-hybridized carbons (Fsp3) is 0.455. The number of fused-ring (bicyclic) bond motifs is 1. The second-order valence-corrected chi connectivity index (χ2v) is 9.76. The number of nitrogens with zero attached hydrogens (tertiary/aromatic N) is 3. The van der Waals surface area contributed by atoms with Crippen LogP contribution in [-0.2, 0) is 14.0 Å². The van der Waals surface area contributed by atoms with Crippen molar-refractivity contribution < 1.29 is 14.0 Å². The second kappa shape index (κ2) is 8.19. The highest BCUT2D eigenvalue weighted by molar-refractivity contribution is 6.65. The molecule has 2 atom stereocenters. The van der Waals surface area contributed by atoms with E-state index in [0.717, 1.165) is 16.4 Å². The van der Waals surface area contributed by atoms with E-state index in [1.807, 2.05) is 18.3 Å². The fourth-order valence-electron chi connectivity index (χ4n) is 4.63. The summed E-state index contributed by atoms with van der Waals surface area (Å²) in [7, 11) is -0.463. The molecule has 32 heavy (non-hydrogen) atoms. The maximum absolute atomic E-state index is 6.66. The van der Waals surface area contributed by atoms with Gasteiger partial charge in [0.15, 0.2) is 0 Å². The lowest BCUT2D eigenvalue weighted by Crippen LogP contribution is -2.54. The monoisotopic (exact) mass is 474 g/mol. The number of rotatable bonds is 4. The van der Waals surface area contributed by atoms with Gasteiger partial charge in [-0.2, -0.15) is 0 Å². The molecule has 0 saturated carbocycles. The van der Waals surface area contributed by atoms with E-state index in [1.165, 1.54) is 0 Å². The molecule has 1 aromatic carbocycles. The molecule has 0 spiro atoms. The van der Waals surface area contributed by atoms with Crippen LogP contribution in [-0.4, -0.2) is 59.1 Å². The van der Waals surface area contributed by atoms with E-state index in [9.17, 15) is 0 Å². The van der Waals surface area contributed by atoms with E-state index in [4.69, 9.17) is 37.2 Å². The summed E-state index contributed by atoms with van der Waals surface area (Å²) in [4.78, 5) is 13.8. The quantitative estimate of drug-likeness (QED) is 0.352. The van der Waals surface area contributed by atoms with Crippen LogP contribution in [0.4, 0.5) is 5.82 Å². The van der Waals surface area contributed by atoms with Crippen LogP contribution in [0.15, 0.2) is 36.5 Å². The van der Waals surface area contributed by atoms with Crippen molar-refractivity contribution in [1.29, 1.82) is 0 Å². The van der Waals surface area contributed by atoms with Gasteiger partial charge in [0.1, 0.15) is 11.0 Å². The Morgan fingerprint density at radius 1 is 1.19 bits per heavy atom. The standard InChI is InChI=1S/C22H25BCl2N4O3/c1-21(2)22(3,32-23(31-21)16-5-4-6-17-15(16)7-8-26-17)12-14-13-30-10-9-29(14)19-11-18(24)27-20(25)28-19/h4-8,11,14,26H,9-10,12-13H2,1-3H3/t14-,22?/m1/s1. The number of nitrogens with one attached hydrogen (secondary N) is 1. The number of aromatic nitrogens is 3. The molecular formula is C22H25BCl2N4O3. The number of hydrogen-bond donors (Lipinski definition) is 1. The van der Waals surface area contributed by atoms with Crippen molar-refractivity contribution in [3.05, 3.63) is 47.0 Å². The van der Waals surface area contributed by atoms with Gasteiger partial charge in [-0.1, -0.05) is 23.7 Å². The lowest BCUT2D eigenvalue weighted by Gasteiger charge is -2.44. The number of anilines is 1. The summed E-state index contributed by atoms with van der Waals surface area (Å²) in [6.07, 6.45) is 2.61. The van der Waals surface area contributed by atoms with Crippen molar-refractivity contribution in [2.75, 3.05) is 24.7 Å². The predicted octanol–water partition coefficient (Wildman–Crippen LogP) is 3.84. The Morgan fingerprint density at radius 2 is 2.03 bits per heavy atom. The van der Waals surface area contributed by atoms with Gasteiger partial charge < -0.3 is 23.9 Å². The van der Waals surface area contributed by atoms with E-state index in [2.05, 4.69) is 52.8 Å². The molecule has 1 unspecified atom stereocenters. The summed E-state index contributed by atoms with van der Waals surface area (Å²) in [5, 5.41) is 1.55. The maximum atomic E-state index is 6.66. The zero-order valence-electron chi connectivity index (χ0n) is 18.3. The first-order valence-electron chi connectivity index (χ1n) is 10.7. The first-order chi connectivity index (χ1) is 15.3. The van der Waals surface area contributed by atoms with Crippen LogP contribution in [0.5, 0.6) is 0 Å². The molecule has 2 saturated heterocycles.